The summed E-state index contributed by atoms with van der Waals surface area (Å²) in [6.45, 7) is 4.21. The van der Waals surface area contributed by atoms with E-state index in [-0.39, 0.29) is 5.82 Å². The fourth-order valence-corrected chi connectivity index (χ4v) is 3.47. The Balaban J connectivity index is 1.74. The summed E-state index contributed by atoms with van der Waals surface area (Å²) in [5, 5.41) is 4.68. The van der Waals surface area contributed by atoms with Crippen molar-refractivity contribution in [1.82, 2.24) is 19.2 Å². The minimum absolute atomic E-state index is 0.301. The summed E-state index contributed by atoms with van der Waals surface area (Å²) in [5.74, 6) is 0.251. The number of ether oxygens (including phenoxy) is 1. The molecule has 1 saturated heterocycles. The van der Waals surface area contributed by atoms with Crippen molar-refractivity contribution in [3.8, 4) is 11.4 Å². The highest BCUT2D eigenvalue weighted by Gasteiger charge is 2.18. The molecule has 0 unspecified atom stereocenters. The third-order valence-corrected chi connectivity index (χ3v) is 5.09. The van der Waals surface area contributed by atoms with Gasteiger partial charge in [-0.2, -0.15) is 5.10 Å². The summed E-state index contributed by atoms with van der Waals surface area (Å²) in [4.78, 5) is 2.24. The molecule has 2 heterocycles. The van der Waals surface area contributed by atoms with Crippen LogP contribution in [-0.2, 0) is 18.0 Å². The molecule has 1 aromatic heterocycles. The zero-order chi connectivity index (χ0) is 18.6. The van der Waals surface area contributed by atoms with Gasteiger partial charge in [0.25, 0.3) is 0 Å². The van der Waals surface area contributed by atoms with Crippen LogP contribution in [0.3, 0.4) is 0 Å². The lowest BCUT2D eigenvalue weighted by molar-refractivity contribution is 0.0209. The van der Waals surface area contributed by atoms with Crippen molar-refractivity contribution in [2.24, 2.45) is 0 Å². The van der Waals surface area contributed by atoms with E-state index in [2.05, 4.69) is 10.00 Å². The first-order valence-corrected chi connectivity index (χ1v) is 9.40. The average molecular weight is 384 g/mol. The van der Waals surface area contributed by atoms with Gasteiger partial charge < -0.3 is 4.74 Å². The third-order valence-electron chi connectivity index (χ3n) is 4.66. The van der Waals surface area contributed by atoms with Crippen LogP contribution in [-0.4, -0.2) is 45.6 Å². The average Bonchev–Trinajstić information content (AvgIpc) is 2.99. The Morgan fingerprint density at radius 1 is 1.00 bits per heavy atom. The predicted octanol–water partition coefficient (Wildman–Crippen LogP) is 3.56. The van der Waals surface area contributed by atoms with Crippen molar-refractivity contribution in [2.45, 2.75) is 13.2 Å². The monoisotopic (exact) mass is 384 g/mol. The van der Waals surface area contributed by atoms with Crippen molar-refractivity contribution in [3.05, 3.63) is 70.7 Å². The topological polar surface area (TPSA) is 35.2 Å². The summed E-state index contributed by atoms with van der Waals surface area (Å²) < 4.78 is 24.2. The highest BCUT2D eigenvalue weighted by Crippen LogP contribution is 2.23. The minimum atomic E-state index is -0.301. The molecule has 3 aromatic rings. The Morgan fingerprint density at radius 2 is 1.70 bits per heavy atom. The highest BCUT2D eigenvalue weighted by molar-refractivity contribution is 7.71. The van der Waals surface area contributed by atoms with Crippen molar-refractivity contribution in [1.29, 1.82) is 0 Å². The second kappa shape index (κ2) is 8.12. The molecule has 1 aliphatic rings. The van der Waals surface area contributed by atoms with Crippen LogP contribution < -0.4 is 0 Å². The zero-order valence-corrected chi connectivity index (χ0v) is 15.7. The summed E-state index contributed by atoms with van der Waals surface area (Å²) in [5.41, 5.74) is 1.55. The number of morpholine rings is 1. The van der Waals surface area contributed by atoms with Crippen molar-refractivity contribution in [3.63, 3.8) is 0 Å². The van der Waals surface area contributed by atoms with E-state index in [4.69, 9.17) is 17.0 Å². The molecule has 1 fully saturated rings. The van der Waals surface area contributed by atoms with E-state index in [1.54, 1.807) is 16.8 Å². The Bertz CT molecular complexity index is 964. The van der Waals surface area contributed by atoms with Crippen LogP contribution in [0.15, 0.2) is 54.6 Å². The molecule has 0 radical (unpaired) electrons. The van der Waals surface area contributed by atoms with E-state index in [1.807, 2.05) is 41.0 Å². The predicted molar refractivity (Wildman–Crippen MR) is 104 cm³/mol. The van der Waals surface area contributed by atoms with Crippen molar-refractivity contribution < 1.29 is 9.13 Å². The largest absolute Gasteiger partial charge is 0.379 e. The van der Waals surface area contributed by atoms with Gasteiger partial charge in [0.1, 0.15) is 5.82 Å². The quantitative estimate of drug-likeness (QED) is 0.630. The number of rotatable bonds is 5. The number of nitrogens with zero attached hydrogens (tertiary/aromatic N) is 4. The van der Waals surface area contributed by atoms with Gasteiger partial charge in [-0.05, 0) is 29.9 Å². The maximum Gasteiger partial charge on any atom is 0.199 e. The highest BCUT2D eigenvalue weighted by atomic mass is 32.1. The van der Waals surface area contributed by atoms with Gasteiger partial charge in [0.2, 0.25) is 0 Å². The van der Waals surface area contributed by atoms with Gasteiger partial charge in [-0.3, -0.25) is 9.47 Å². The van der Waals surface area contributed by atoms with Crippen LogP contribution in [0.25, 0.3) is 11.4 Å². The van der Waals surface area contributed by atoms with Gasteiger partial charge in [-0.1, -0.05) is 42.5 Å². The van der Waals surface area contributed by atoms with Gasteiger partial charge in [-0.15, -0.1) is 0 Å². The molecule has 2 aromatic carbocycles. The molecule has 7 heteroatoms. The maximum absolute atomic E-state index is 14.5. The molecule has 0 amide bonds. The lowest BCUT2D eigenvalue weighted by Gasteiger charge is -2.26. The number of aromatic nitrogens is 3. The Labute approximate surface area is 162 Å². The molecule has 0 aliphatic carbocycles. The summed E-state index contributed by atoms with van der Waals surface area (Å²) in [6, 6.07) is 16.7. The molecule has 27 heavy (non-hydrogen) atoms. The van der Waals surface area contributed by atoms with Crippen molar-refractivity contribution in [2.75, 3.05) is 26.3 Å². The maximum atomic E-state index is 14.5. The number of hydrogen-bond acceptors (Lipinski definition) is 4. The molecule has 140 valence electrons. The van der Waals surface area contributed by atoms with Gasteiger partial charge in [0.05, 0.1) is 32.0 Å². The first-order chi connectivity index (χ1) is 13.2. The molecule has 0 saturated carbocycles. The molecule has 5 nitrogen and oxygen atoms in total. The van der Waals surface area contributed by atoms with E-state index in [1.165, 1.54) is 6.07 Å². The Hall–Kier alpha value is -2.35. The number of halogens is 1. The van der Waals surface area contributed by atoms with Crippen LogP contribution in [0, 0.1) is 10.6 Å². The first kappa shape index (κ1) is 18.0. The Kier molecular flexibility index (Phi) is 5.42. The SMILES string of the molecule is Fc1ccccc1-c1nn(CN2CCOCC2)c(=S)n1Cc1ccccc1. The lowest BCUT2D eigenvalue weighted by Crippen LogP contribution is -2.37. The van der Waals surface area contributed by atoms with E-state index < -0.39 is 0 Å². The summed E-state index contributed by atoms with van der Waals surface area (Å²) in [6.07, 6.45) is 0. The third kappa shape index (κ3) is 4.00. The van der Waals surface area contributed by atoms with Crippen LogP contribution >= 0.6 is 12.2 Å². The lowest BCUT2D eigenvalue weighted by atomic mass is 10.2. The zero-order valence-electron chi connectivity index (χ0n) is 14.9. The summed E-state index contributed by atoms with van der Waals surface area (Å²) >= 11 is 5.71. The van der Waals surface area contributed by atoms with E-state index >= 15 is 0 Å². The number of hydrogen-bond donors (Lipinski definition) is 0. The van der Waals surface area contributed by atoms with Gasteiger partial charge in [0.15, 0.2) is 10.6 Å². The van der Waals surface area contributed by atoms with Crippen LogP contribution in [0.1, 0.15) is 5.56 Å². The molecule has 0 spiro atoms. The molecule has 0 bridgehead atoms. The molecule has 4 rings (SSSR count). The Morgan fingerprint density at radius 3 is 2.44 bits per heavy atom. The number of benzene rings is 2. The second-order valence-corrected chi connectivity index (χ2v) is 6.89. The molecular weight excluding hydrogens is 363 g/mol. The molecule has 0 N–H and O–H groups in total. The van der Waals surface area contributed by atoms with Crippen LogP contribution in [0.4, 0.5) is 4.39 Å². The fraction of sp³-hybridized carbons (Fsp3) is 0.300. The van der Waals surface area contributed by atoms with E-state index in [0.717, 1.165) is 18.7 Å². The smallest absolute Gasteiger partial charge is 0.199 e. The standard InChI is InChI=1S/C20H21FN4OS/c21-18-9-5-4-8-17(18)19-22-25(15-23-10-12-26-13-11-23)20(27)24(19)14-16-6-2-1-3-7-16/h1-9H,10-15H2. The first-order valence-electron chi connectivity index (χ1n) is 8.99. The van der Waals surface area contributed by atoms with Gasteiger partial charge >= 0.3 is 0 Å². The van der Waals surface area contributed by atoms with Gasteiger partial charge in [0, 0.05) is 13.1 Å². The summed E-state index contributed by atoms with van der Waals surface area (Å²) in [7, 11) is 0. The molecule has 0 atom stereocenters. The van der Waals surface area contributed by atoms with Crippen LogP contribution in [0.5, 0.6) is 0 Å². The van der Waals surface area contributed by atoms with E-state index in [0.29, 0.717) is 42.6 Å². The second-order valence-electron chi connectivity index (χ2n) is 6.53. The molecular formula is C20H21FN4OS. The van der Waals surface area contributed by atoms with Crippen molar-refractivity contribution >= 4 is 12.2 Å². The normalized spacial score (nSPS) is 15.1. The van der Waals surface area contributed by atoms with E-state index in [9.17, 15) is 4.39 Å². The van der Waals surface area contributed by atoms with Gasteiger partial charge in [-0.25, -0.2) is 9.07 Å². The van der Waals surface area contributed by atoms with Crippen LogP contribution in [0.2, 0.25) is 0 Å². The minimum Gasteiger partial charge on any atom is -0.379 e. The molecule has 1 aliphatic heterocycles. The fourth-order valence-electron chi connectivity index (χ4n) is 3.22.